The van der Waals surface area contributed by atoms with Crippen molar-refractivity contribution in [1.29, 1.82) is 0 Å². The highest BCUT2D eigenvalue weighted by Gasteiger charge is 2.36. The number of rotatable bonds is 21. The number of aryl methyl sites for hydroxylation is 1. The van der Waals surface area contributed by atoms with Gasteiger partial charge in [0.25, 0.3) is 0 Å². The standard InChI is InChI=1S/C34H49N3O3S/c1-3-5-6-7-8-9-10-11-12-13-14-15-16-17-18-19-24-35-26-20-21-27(29(38)25-26)32-33(39)28(34(32)40)22-23-31-37-36-30(4-2)41-31/h20-23,25,35,39H,3-19,24H2,1-2H3/b23-22+,32-27+. The van der Waals surface area contributed by atoms with Gasteiger partial charge >= 0.3 is 0 Å². The minimum Gasteiger partial charge on any atom is -0.506 e. The molecule has 0 saturated heterocycles. The van der Waals surface area contributed by atoms with Crippen molar-refractivity contribution in [2.45, 2.75) is 123 Å². The minimum absolute atomic E-state index is 0.0884. The van der Waals surface area contributed by atoms with Crippen LogP contribution in [0.3, 0.4) is 0 Å². The number of aliphatic hydroxyl groups is 1. The summed E-state index contributed by atoms with van der Waals surface area (Å²) in [5, 5.41) is 23.5. The lowest BCUT2D eigenvalue weighted by molar-refractivity contribution is -0.115. The van der Waals surface area contributed by atoms with Gasteiger partial charge in [-0.15, -0.1) is 10.2 Å². The number of allylic oxidation sites excluding steroid dienone is 7. The van der Waals surface area contributed by atoms with Crippen LogP contribution < -0.4 is 5.32 Å². The number of hydrogen-bond donors (Lipinski definition) is 2. The maximum absolute atomic E-state index is 12.7. The van der Waals surface area contributed by atoms with Crippen molar-refractivity contribution in [3.63, 3.8) is 0 Å². The van der Waals surface area contributed by atoms with E-state index in [0.29, 0.717) is 5.01 Å². The van der Waals surface area contributed by atoms with Crippen molar-refractivity contribution >= 4 is 29.0 Å². The van der Waals surface area contributed by atoms with E-state index in [4.69, 9.17) is 0 Å². The third-order valence-corrected chi connectivity index (χ3v) is 8.78. The Kier molecular flexibility index (Phi) is 14.8. The lowest BCUT2D eigenvalue weighted by atomic mass is 9.82. The van der Waals surface area contributed by atoms with Gasteiger partial charge in [0, 0.05) is 23.9 Å². The van der Waals surface area contributed by atoms with Gasteiger partial charge in [0.1, 0.15) is 15.8 Å². The Morgan fingerprint density at radius 2 is 1.37 bits per heavy atom. The molecule has 0 bridgehead atoms. The number of carbonyl (C=O) groups excluding carboxylic acids is 2. The van der Waals surface area contributed by atoms with E-state index in [1.807, 2.05) is 6.92 Å². The second-order valence-electron chi connectivity index (χ2n) is 11.1. The molecule has 1 heterocycles. The van der Waals surface area contributed by atoms with E-state index in [-0.39, 0.29) is 34.0 Å². The topological polar surface area (TPSA) is 92.2 Å². The van der Waals surface area contributed by atoms with Gasteiger partial charge in [-0.1, -0.05) is 121 Å². The molecular formula is C34H49N3O3S. The monoisotopic (exact) mass is 579 g/mol. The molecule has 0 aliphatic heterocycles. The van der Waals surface area contributed by atoms with Crippen molar-refractivity contribution < 1.29 is 14.7 Å². The second kappa shape index (κ2) is 18.6. The molecule has 6 nitrogen and oxygen atoms in total. The average molecular weight is 580 g/mol. The highest BCUT2D eigenvalue weighted by atomic mass is 32.1. The lowest BCUT2D eigenvalue weighted by Gasteiger charge is -2.22. The second-order valence-corrected chi connectivity index (χ2v) is 12.2. The molecule has 0 atom stereocenters. The van der Waals surface area contributed by atoms with Gasteiger partial charge in [-0.25, -0.2) is 0 Å². The Morgan fingerprint density at radius 1 is 0.780 bits per heavy atom. The Morgan fingerprint density at radius 3 is 1.88 bits per heavy atom. The van der Waals surface area contributed by atoms with Crippen molar-refractivity contribution in [2.24, 2.45) is 0 Å². The van der Waals surface area contributed by atoms with Crippen LogP contribution in [-0.4, -0.2) is 33.4 Å². The lowest BCUT2D eigenvalue weighted by Crippen LogP contribution is -2.26. The van der Waals surface area contributed by atoms with Crippen LogP contribution in [0.15, 0.2) is 52.5 Å². The van der Waals surface area contributed by atoms with E-state index in [1.165, 1.54) is 114 Å². The van der Waals surface area contributed by atoms with Crippen molar-refractivity contribution in [3.05, 3.63) is 62.5 Å². The molecule has 3 rings (SSSR count). The van der Waals surface area contributed by atoms with E-state index in [0.717, 1.165) is 30.1 Å². The molecular weight excluding hydrogens is 530 g/mol. The normalized spacial score (nSPS) is 17.1. The van der Waals surface area contributed by atoms with Crippen LogP contribution in [0.5, 0.6) is 0 Å². The highest BCUT2D eigenvalue weighted by molar-refractivity contribution is 7.12. The predicted octanol–water partition coefficient (Wildman–Crippen LogP) is 8.68. The van der Waals surface area contributed by atoms with Gasteiger partial charge in [-0.05, 0) is 37.1 Å². The van der Waals surface area contributed by atoms with Gasteiger partial charge in [-0.2, -0.15) is 0 Å². The van der Waals surface area contributed by atoms with Crippen molar-refractivity contribution in [3.8, 4) is 0 Å². The molecule has 2 N–H and O–H groups in total. The summed E-state index contributed by atoms with van der Waals surface area (Å²) < 4.78 is 0. The number of unbranched alkanes of at least 4 members (excludes halogenated alkanes) is 15. The van der Waals surface area contributed by atoms with E-state index >= 15 is 0 Å². The minimum atomic E-state index is -0.329. The fraction of sp³-hybridized carbons (Fsp3) is 0.588. The average Bonchev–Trinajstić information content (AvgIpc) is 3.44. The van der Waals surface area contributed by atoms with Crippen LogP contribution in [-0.2, 0) is 16.0 Å². The molecule has 0 radical (unpaired) electrons. The number of ketones is 2. The van der Waals surface area contributed by atoms with Crippen LogP contribution in [0.25, 0.3) is 6.08 Å². The Bertz CT molecular complexity index is 1160. The van der Waals surface area contributed by atoms with E-state index in [2.05, 4.69) is 22.4 Å². The van der Waals surface area contributed by atoms with E-state index in [1.54, 1.807) is 24.3 Å². The fourth-order valence-corrected chi connectivity index (χ4v) is 5.89. The first kappa shape index (κ1) is 32.7. The molecule has 1 aromatic rings. The molecule has 0 fully saturated rings. The molecule has 0 amide bonds. The molecule has 2 aliphatic carbocycles. The van der Waals surface area contributed by atoms with Crippen molar-refractivity contribution in [2.75, 3.05) is 6.54 Å². The van der Waals surface area contributed by atoms with Gasteiger partial charge in [0.15, 0.2) is 5.78 Å². The summed E-state index contributed by atoms with van der Waals surface area (Å²) >= 11 is 1.44. The summed E-state index contributed by atoms with van der Waals surface area (Å²) in [6, 6.07) is 0. The van der Waals surface area contributed by atoms with Gasteiger partial charge < -0.3 is 10.4 Å². The quantitative estimate of drug-likeness (QED) is 0.112. The summed E-state index contributed by atoms with van der Waals surface area (Å²) in [6.07, 6.45) is 30.5. The Labute approximate surface area is 250 Å². The molecule has 41 heavy (non-hydrogen) atoms. The highest BCUT2D eigenvalue weighted by Crippen LogP contribution is 2.34. The first-order valence-corrected chi connectivity index (χ1v) is 16.8. The van der Waals surface area contributed by atoms with Crippen LogP contribution in [0, 0.1) is 0 Å². The van der Waals surface area contributed by atoms with Crippen LogP contribution in [0.2, 0.25) is 0 Å². The summed E-state index contributed by atoms with van der Waals surface area (Å²) in [6.45, 7) is 5.09. The molecule has 2 aliphatic rings. The van der Waals surface area contributed by atoms with E-state index in [9.17, 15) is 14.7 Å². The zero-order chi connectivity index (χ0) is 29.3. The zero-order valence-electron chi connectivity index (χ0n) is 25.2. The molecule has 0 aromatic carbocycles. The van der Waals surface area contributed by atoms with Crippen LogP contribution in [0.1, 0.15) is 127 Å². The summed E-state index contributed by atoms with van der Waals surface area (Å²) in [5.74, 6) is -0.737. The molecule has 7 heteroatoms. The molecule has 0 unspecified atom stereocenters. The van der Waals surface area contributed by atoms with Gasteiger partial charge in [0.05, 0.1) is 11.1 Å². The summed E-state index contributed by atoms with van der Waals surface area (Å²) in [5.41, 5.74) is 1.27. The van der Waals surface area contributed by atoms with Gasteiger partial charge in [-0.3, -0.25) is 9.59 Å². The number of nitrogens with one attached hydrogen (secondary N) is 1. The Balaban J connectivity index is 1.25. The summed E-state index contributed by atoms with van der Waals surface area (Å²) in [7, 11) is 0. The Hall–Kier alpha value is -2.80. The number of hydrogen-bond acceptors (Lipinski definition) is 7. The maximum Gasteiger partial charge on any atom is 0.201 e. The van der Waals surface area contributed by atoms with Crippen LogP contribution >= 0.6 is 11.3 Å². The molecule has 1 aromatic heterocycles. The van der Waals surface area contributed by atoms with Gasteiger partial charge in [0.2, 0.25) is 5.78 Å². The fourth-order valence-electron chi connectivity index (χ4n) is 5.20. The molecule has 0 spiro atoms. The number of aliphatic hydroxyl groups excluding tert-OH is 1. The number of Topliss-reactive ketones (excluding diaryl/α,β-unsaturated/α-hetero) is 1. The molecule has 0 saturated carbocycles. The third-order valence-electron chi connectivity index (χ3n) is 7.75. The summed E-state index contributed by atoms with van der Waals surface area (Å²) in [4.78, 5) is 25.3. The SMILES string of the molecule is CCCCCCCCCCCCCCCCCCNC1=CC(=O)/C(=C2/C(=O)C(/C=C/c3nnc(CC)s3)=C2O)C=C1. The largest absolute Gasteiger partial charge is 0.506 e. The van der Waals surface area contributed by atoms with E-state index < -0.39 is 0 Å². The molecule has 224 valence electrons. The first-order chi connectivity index (χ1) is 20.0. The first-order valence-electron chi connectivity index (χ1n) is 16.0. The third kappa shape index (κ3) is 10.8. The number of nitrogens with zero attached hydrogens (tertiary/aromatic N) is 2. The van der Waals surface area contributed by atoms with Crippen LogP contribution in [0.4, 0.5) is 0 Å². The number of aromatic nitrogens is 2. The van der Waals surface area contributed by atoms with Crippen molar-refractivity contribution in [1.82, 2.24) is 15.5 Å². The smallest absolute Gasteiger partial charge is 0.201 e. The maximum atomic E-state index is 12.7. The number of carbonyl (C=O) groups is 2. The zero-order valence-corrected chi connectivity index (χ0v) is 26.0. The predicted molar refractivity (Wildman–Crippen MR) is 170 cm³/mol.